The average molecular weight is 249 g/mol. The summed E-state index contributed by atoms with van der Waals surface area (Å²) in [5, 5.41) is 0. The molecular formula is C14H19NO3. The van der Waals surface area contributed by atoms with Gasteiger partial charge in [-0.1, -0.05) is 30.3 Å². The van der Waals surface area contributed by atoms with Crippen molar-refractivity contribution in [1.29, 1.82) is 0 Å². The first-order valence-electron chi connectivity index (χ1n) is 6.25. The highest BCUT2D eigenvalue weighted by molar-refractivity contribution is 5.75. The fourth-order valence-electron chi connectivity index (χ4n) is 2.06. The zero-order valence-corrected chi connectivity index (χ0v) is 10.4. The van der Waals surface area contributed by atoms with Crippen LogP contribution in [0.3, 0.4) is 0 Å². The van der Waals surface area contributed by atoms with Crippen LogP contribution < -0.4 is 5.73 Å². The molecule has 2 rings (SSSR count). The lowest BCUT2D eigenvalue weighted by Crippen LogP contribution is -2.36. The third-order valence-corrected chi connectivity index (χ3v) is 3.12. The minimum atomic E-state index is -0.404. The summed E-state index contributed by atoms with van der Waals surface area (Å²) < 4.78 is 11.0. The first-order valence-corrected chi connectivity index (χ1v) is 6.25. The summed E-state index contributed by atoms with van der Waals surface area (Å²) in [5.74, 6) is 0.144. The van der Waals surface area contributed by atoms with Crippen molar-refractivity contribution in [2.24, 2.45) is 11.7 Å². The van der Waals surface area contributed by atoms with Crippen molar-refractivity contribution in [3.8, 4) is 0 Å². The van der Waals surface area contributed by atoms with Gasteiger partial charge in [-0.2, -0.15) is 0 Å². The molecule has 1 amide bonds. The van der Waals surface area contributed by atoms with E-state index in [2.05, 4.69) is 12.1 Å². The van der Waals surface area contributed by atoms with Gasteiger partial charge in [-0.3, -0.25) is 4.79 Å². The quantitative estimate of drug-likeness (QED) is 0.796. The Morgan fingerprint density at radius 2 is 2.00 bits per heavy atom. The monoisotopic (exact) mass is 249 g/mol. The molecule has 1 aliphatic rings. The van der Waals surface area contributed by atoms with Crippen LogP contribution in [0.1, 0.15) is 18.4 Å². The molecule has 1 aromatic carbocycles. The Balaban J connectivity index is 1.54. The third-order valence-electron chi connectivity index (χ3n) is 3.12. The second-order valence-electron chi connectivity index (χ2n) is 4.74. The van der Waals surface area contributed by atoms with Crippen LogP contribution in [0, 0.1) is 5.92 Å². The Morgan fingerprint density at radius 1 is 1.28 bits per heavy atom. The molecule has 18 heavy (non-hydrogen) atoms. The van der Waals surface area contributed by atoms with E-state index in [1.54, 1.807) is 0 Å². The molecule has 0 radical (unpaired) electrons. The molecule has 4 nitrogen and oxygen atoms in total. The molecular weight excluding hydrogens is 230 g/mol. The van der Waals surface area contributed by atoms with Crippen molar-refractivity contribution in [1.82, 2.24) is 0 Å². The van der Waals surface area contributed by atoms with Gasteiger partial charge in [0, 0.05) is 0 Å². The average Bonchev–Trinajstić information content (AvgIpc) is 2.32. The highest BCUT2D eigenvalue weighted by Gasteiger charge is 2.30. The number of nitrogens with two attached hydrogens (primary N) is 1. The van der Waals surface area contributed by atoms with Crippen LogP contribution in [0.5, 0.6) is 0 Å². The van der Waals surface area contributed by atoms with Crippen LogP contribution in [0.4, 0.5) is 0 Å². The van der Waals surface area contributed by atoms with E-state index in [1.165, 1.54) is 5.56 Å². The van der Waals surface area contributed by atoms with Gasteiger partial charge in [-0.05, 0) is 24.3 Å². The molecule has 0 bridgehead atoms. The first-order chi connectivity index (χ1) is 8.74. The predicted molar refractivity (Wildman–Crippen MR) is 67.8 cm³/mol. The van der Waals surface area contributed by atoms with E-state index in [0.29, 0.717) is 12.5 Å². The predicted octanol–water partition coefficient (Wildman–Crippen LogP) is 1.48. The van der Waals surface area contributed by atoms with E-state index in [9.17, 15) is 4.79 Å². The van der Waals surface area contributed by atoms with Crippen molar-refractivity contribution in [3.05, 3.63) is 35.9 Å². The van der Waals surface area contributed by atoms with Gasteiger partial charge in [0.05, 0.1) is 19.3 Å². The lowest BCUT2D eigenvalue weighted by Gasteiger charge is -2.34. The molecule has 1 aromatic rings. The van der Waals surface area contributed by atoms with E-state index in [4.69, 9.17) is 15.2 Å². The SMILES string of the molecule is NC(=O)CO[C@H]1C[C@H](COCc2ccccc2)C1. The van der Waals surface area contributed by atoms with Crippen LogP contribution in [0.2, 0.25) is 0 Å². The van der Waals surface area contributed by atoms with Crippen LogP contribution in [0.25, 0.3) is 0 Å². The Labute approximate surface area is 107 Å². The van der Waals surface area contributed by atoms with Gasteiger partial charge in [0.15, 0.2) is 0 Å². The van der Waals surface area contributed by atoms with Crippen molar-refractivity contribution in [2.75, 3.05) is 13.2 Å². The molecule has 1 fully saturated rings. The molecule has 0 aromatic heterocycles. The topological polar surface area (TPSA) is 61.6 Å². The molecule has 0 saturated heterocycles. The lowest BCUT2D eigenvalue weighted by atomic mass is 9.83. The van der Waals surface area contributed by atoms with Gasteiger partial charge in [-0.15, -0.1) is 0 Å². The van der Waals surface area contributed by atoms with Crippen molar-refractivity contribution < 1.29 is 14.3 Å². The maximum Gasteiger partial charge on any atom is 0.243 e. The second-order valence-corrected chi connectivity index (χ2v) is 4.74. The maximum absolute atomic E-state index is 10.5. The Bertz CT molecular complexity index is 374. The summed E-state index contributed by atoms with van der Waals surface area (Å²) in [5.41, 5.74) is 6.20. The molecule has 0 atom stereocenters. The number of carbonyl (C=O) groups is 1. The van der Waals surface area contributed by atoms with Gasteiger partial charge in [0.1, 0.15) is 6.61 Å². The van der Waals surface area contributed by atoms with Crippen LogP contribution in [-0.4, -0.2) is 25.2 Å². The highest BCUT2D eigenvalue weighted by atomic mass is 16.5. The first kappa shape index (κ1) is 13.1. The van der Waals surface area contributed by atoms with Crippen LogP contribution in [0.15, 0.2) is 30.3 Å². The fourth-order valence-corrected chi connectivity index (χ4v) is 2.06. The van der Waals surface area contributed by atoms with Gasteiger partial charge < -0.3 is 15.2 Å². The molecule has 1 aliphatic carbocycles. The van der Waals surface area contributed by atoms with E-state index in [1.807, 2.05) is 18.2 Å². The zero-order chi connectivity index (χ0) is 12.8. The van der Waals surface area contributed by atoms with E-state index < -0.39 is 5.91 Å². The number of amides is 1. The fraction of sp³-hybridized carbons (Fsp3) is 0.500. The molecule has 0 heterocycles. The standard InChI is InChI=1S/C14H19NO3/c15-14(16)10-18-13-6-12(7-13)9-17-8-11-4-2-1-3-5-11/h1-5,12-13H,6-10H2,(H2,15,16)/t12-,13-. The smallest absolute Gasteiger partial charge is 0.243 e. The summed E-state index contributed by atoms with van der Waals surface area (Å²) >= 11 is 0. The number of carbonyl (C=O) groups excluding carboxylic acids is 1. The van der Waals surface area contributed by atoms with Crippen LogP contribution in [-0.2, 0) is 20.9 Å². The molecule has 0 unspecified atom stereocenters. The highest BCUT2D eigenvalue weighted by Crippen LogP contribution is 2.30. The second kappa shape index (κ2) is 6.52. The summed E-state index contributed by atoms with van der Waals surface area (Å²) in [6.07, 6.45) is 2.10. The summed E-state index contributed by atoms with van der Waals surface area (Å²) in [6, 6.07) is 10.1. The number of ether oxygens (including phenoxy) is 2. The van der Waals surface area contributed by atoms with Gasteiger partial charge in [0.2, 0.25) is 5.91 Å². The van der Waals surface area contributed by atoms with Crippen LogP contribution >= 0.6 is 0 Å². The van der Waals surface area contributed by atoms with Gasteiger partial charge in [0.25, 0.3) is 0 Å². The number of primary amides is 1. The normalized spacial score (nSPS) is 22.4. The Morgan fingerprint density at radius 3 is 2.67 bits per heavy atom. The van der Waals surface area contributed by atoms with E-state index in [-0.39, 0.29) is 12.7 Å². The Hall–Kier alpha value is -1.39. The molecule has 4 heteroatoms. The molecule has 0 aliphatic heterocycles. The molecule has 98 valence electrons. The lowest BCUT2D eigenvalue weighted by molar-refractivity contribution is -0.129. The van der Waals surface area contributed by atoms with Gasteiger partial charge >= 0.3 is 0 Å². The zero-order valence-electron chi connectivity index (χ0n) is 10.4. The van der Waals surface area contributed by atoms with Crippen molar-refractivity contribution >= 4 is 5.91 Å². The number of benzene rings is 1. The van der Waals surface area contributed by atoms with Crippen molar-refractivity contribution in [2.45, 2.75) is 25.6 Å². The molecule has 0 spiro atoms. The molecule has 1 saturated carbocycles. The third kappa shape index (κ3) is 4.13. The van der Waals surface area contributed by atoms with Crippen molar-refractivity contribution in [3.63, 3.8) is 0 Å². The number of hydrogen-bond donors (Lipinski definition) is 1. The molecule has 2 N–H and O–H groups in total. The number of hydrogen-bond acceptors (Lipinski definition) is 3. The summed E-state index contributed by atoms with van der Waals surface area (Å²) in [6.45, 7) is 1.44. The summed E-state index contributed by atoms with van der Waals surface area (Å²) in [7, 11) is 0. The minimum absolute atomic E-state index is 0.0300. The maximum atomic E-state index is 10.5. The largest absolute Gasteiger partial charge is 0.376 e. The summed E-state index contributed by atoms with van der Waals surface area (Å²) in [4.78, 5) is 10.5. The minimum Gasteiger partial charge on any atom is -0.376 e. The van der Waals surface area contributed by atoms with E-state index in [0.717, 1.165) is 19.4 Å². The Kier molecular flexibility index (Phi) is 4.73. The number of rotatable bonds is 7. The van der Waals surface area contributed by atoms with Gasteiger partial charge in [-0.25, -0.2) is 0 Å². The van der Waals surface area contributed by atoms with E-state index >= 15 is 0 Å².